The Kier molecular flexibility index (Phi) is 3.63. The average Bonchev–Trinajstić information content (AvgIpc) is 2.44. The normalized spacial score (nSPS) is 24.8. The van der Waals surface area contributed by atoms with Gasteiger partial charge in [0, 0.05) is 29.3 Å². The summed E-state index contributed by atoms with van der Waals surface area (Å²) in [5.74, 6) is 0.0388. The lowest BCUT2D eigenvalue weighted by molar-refractivity contribution is -0.0523. The van der Waals surface area contributed by atoms with Gasteiger partial charge in [-0.1, -0.05) is 22.0 Å². The molecule has 1 atom stereocenters. The highest BCUT2D eigenvalue weighted by molar-refractivity contribution is 9.10. The van der Waals surface area contributed by atoms with Gasteiger partial charge >= 0.3 is 0 Å². The standard InChI is InChI=1S/C15H18BrNO2/c16-12-3-1-2-11(10-12)14(18)17-13-4-5-15(13)6-8-19-9-7-15/h1-3,10,13H,4-9H2,(H,17,18). The summed E-state index contributed by atoms with van der Waals surface area (Å²) in [5.41, 5.74) is 1.03. The molecule has 1 aromatic carbocycles. The molecule has 1 heterocycles. The Balaban J connectivity index is 1.67. The maximum atomic E-state index is 12.3. The number of nitrogens with one attached hydrogen (secondary N) is 1. The lowest BCUT2D eigenvalue weighted by Crippen LogP contribution is -2.57. The van der Waals surface area contributed by atoms with E-state index in [1.165, 1.54) is 6.42 Å². The van der Waals surface area contributed by atoms with Crippen LogP contribution < -0.4 is 5.32 Å². The van der Waals surface area contributed by atoms with Crippen LogP contribution in [0.2, 0.25) is 0 Å². The van der Waals surface area contributed by atoms with Crippen LogP contribution in [-0.4, -0.2) is 25.2 Å². The van der Waals surface area contributed by atoms with Crippen LogP contribution in [0.5, 0.6) is 0 Å². The molecule has 1 unspecified atom stereocenters. The molecule has 2 aliphatic rings. The van der Waals surface area contributed by atoms with Crippen LogP contribution in [0.1, 0.15) is 36.0 Å². The van der Waals surface area contributed by atoms with Crippen LogP contribution in [-0.2, 0) is 4.74 Å². The Bertz CT molecular complexity index is 483. The van der Waals surface area contributed by atoms with E-state index in [2.05, 4.69) is 21.2 Å². The first-order chi connectivity index (χ1) is 9.20. The second-order valence-electron chi connectivity index (χ2n) is 5.55. The van der Waals surface area contributed by atoms with Crippen molar-refractivity contribution < 1.29 is 9.53 Å². The highest BCUT2D eigenvalue weighted by Gasteiger charge is 2.47. The fraction of sp³-hybridized carbons (Fsp3) is 0.533. The number of carbonyl (C=O) groups excluding carboxylic acids is 1. The highest BCUT2D eigenvalue weighted by Crippen LogP contribution is 2.48. The van der Waals surface area contributed by atoms with Gasteiger partial charge in [0.2, 0.25) is 0 Å². The minimum absolute atomic E-state index is 0.0388. The number of hydrogen-bond donors (Lipinski definition) is 1. The molecule has 0 aromatic heterocycles. The fourth-order valence-electron chi connectivity index (χ4n) is 3.17. The number of amides is 1. The van der Waals surface area contributed by atoms with Crippen molar-refractivity contribution in [2.45, 2.75) is 31.7 Å². The predicted octanol–water partition coefficient (Wildman–Crippen LogP) is 3.14. The summed E-state index contributed by atoms with van der Waals surface area (Å²) in [7, 11) is 0. The van der Waals surface area contributed by atoms with Crippen molar-refractivity contribution in [1.29, 1.82) is 0 Å². The summed E-state index contributed by atoms with van der Waals surface area (Å²) in [4.78, 5) is 12.3. The number of ether oxygens (including phenoxy) is 1. The van der Waals surface area contributed by atoms with E-state index in [4.69, 9.17) is 4.74 Å². The van der Waals surface area contributed by atoms with Crippen LogP contribution in [0.3, 0.4) is 0 Å². The molecule has 102 valence electrons. The molecule has 1 aliphatic heterocycles. The first kappa shape index (κ1) is 13.1. The summed E-state index contributed by atoms with van der Waals surface area (Å²) in [5, 5.41) is 3.21. The summed E-state index contributed by atoms with van der Waals surface area (Å²) in [6.45, 7) is 1.67. The average molecular weight is 324 g/mol. The van der Waals surface area contributed by atoms with Crippen molar-refractivity contribution in [3.63, 3.8) is 0 Å². The molecule has 2 fully saturated rings. The minimum atomic E-state index is 0.0388. The lowest BCUT2D eigenvalue weighted by atomic mass is 9.60. The number of hydrogen-bond acceptors (Lipinski definition) is 2. The molecule has 1 aromatic rings. The summed E-state index contributed by atoms with van der Waals surface area (Å²) in [6, 6.07) is 7.87. The van der Waals surface area contributed by atoms with Crippen LogP contribution in [0.25, 0.3) is 0 Å². The second-order valence-corrected chi connectivity index (χ2v) is 6.47. The molecule has 0 bridgehead atoms. The molecule has 3 rings (SSSR count). The highest BCUT2D eigenvalue weighted by atomic mass is 79.9. The Labute approximate surface area is 121 Å². The third-order valence-electron chi connectivity index (χ3n) is 4.55. The lowest BCUT2D eigenvalue weighted by Gasteiger charge is -2.52. The van der Waals surface area contributed by atoms with Crippen LogP contribution in [0.15, 0.2) is 28.7 Å². The SMILES string of the molecule is O=C(NC1CCC12CCOCC2)c1cccc(Br)c1. The van der Waals surface area contributed by atoms with Gasteiger partial charge in [-0.2, -0.15) is 0 Å². The molecule has 1 amide bonds. The topological polar surface area (TPSA) is 38.3 Å². The largest absolute Gasteiger partial charge is 0.381 e. The van der Waals surface area contributed by atoms with Crippen molar-refractivity contribution in [2.75, 3.05) is 13.2 Å². The first-order valence-electron chi connectivity index (χ1n) is 6.84. The Hall–Kier alpha value is -0.870. The van der Waals surface area contributed by atoms with Gasteiger partial charge in [-0.25, -0.2) is 0 Å². The first-order valence-corrected chi connectivity index (χ1v) is 7.63. The molecule has 4 heteroatoms. The number of benzene rings is 1. The van der Waals surface area contributed by atoms with Crippen molar-refractivity contribution >= 4 is 21.8 Å². The van der Waals surface area contributed by atoms with Crippen LogP contribution >= 0.6 is 15.9 Å². The van der Waals surface area contributed by atoms with Crippen molar-refractivity contribution in [3.05, 3.63) is 34.3 Å². The Morgan fingerprint density at radius 1 is 1.32 bits per heavy atom. The van der Waals surface area contributed by atoms with Crippen LogP contribution in [0, 0.1) is 5.41 Å². The molecule has 1 N–H and O–H groups in total. The number of carbonyl (C=O) groups is 1. The molecule has 1 saturated carbocycles. The van der Waals surface area contributed by atoms with Crippen molar-refractivity contribution in [2.24, 2.45) is 5.41 Å². The maximum absolute atomic E-state index is 12.3. The Morgan fingerprint density at radius 3 is 2.74 bits per heavy atom. The zero-order valence-electron chi connectivity index (χ0n) is 10.8. The quantitative estimate of drug-likeness (QED) is 0.908. The molecule has 1 spiro atoms. The molecule has 0 radical (unpaired) electrons. The van der Waals surface area contributed by atoms with E-state index < -0.39 is 0 Å². The third-order valence-corrected chi connectivity index (χ3v) is 5.04. The predicted molar refractivity (Wildman–Crippen MR) is 77.1 cm³/mol. The minimum Gasteiger partial charge on any atom is -0.381 e. The monoisotopic (exact) mass is 323 g/mol. The van der Waals surface area contributed by atoms with Gasteiger partial charge in [-0.3, -0.25) is 4.79 Å². The second kappa shape index (κ2) is 5.25. The van der Waals surface area contributed by atoms with E-state index in [0.29, 0.717) is 11.5 Å². The zero-order valence-corrected chi connectivity index (χ0v) is 12.4. The third kappa shape index (κ3) is 2.56. The van der Waals surface area contributed by atoms with E-state index >= 15 is 0 Å². The smallest absolute Gasteiger partial charge is 0.251 e. The van der Waals surface area contributed by atoms with Gasteiger partial charge < -0.3 is 10.1 Å². The number of rotatable bonds is 2. The maximum Gasteiger partial charge on any atom is 0.251 e. The van der Waals surface area contributed by atoms with Gasteiger partial charge in [0.05, 0.1) is 0 Å². The fourth-order valence-corrected chi connectivity index (χ4v) is 3.57. The molecular formula is C15H18BrNO2. The van der Waals surface area contributed by atoms with Gasteiger partial charge in [-0.15, -0.1) is 0 Å². The summed E-state index contributed by atoms with van der Waals surface area (Å²) in [6.07, 6.45) is 4.48. The van der Waals surface area contributed by atoms with Gasteiger partial charge in [-0.05, 0) is 49.3 Å². The summed E-state index contributed by atoms with van der Waals surface area (Å²) < 4.78 is 6.37. The van der Waals surface area contributed by atoms with Gasteiger partial charge in [0.25, 0.3) is 5.91 Å². The molecule has 3 nitrogen and oxygen atoms in total. The van der Waals surface area contributed by atoms with Crippen molar-refractivity contribution in [1.82, 2.24) is 5.32 Å². The Morgan fingerprint density at radius 2 is 2.11 bits per heavy atom. The van der Waals surface area contributed by atoms with E-state index in [1.54, 1.807) is 0 Å². The molecular weight excluding hydrogens is 306 g/mol. The van der Waals surface area contributed by atoms with Gasteiger partial charge in [0.15, 0.2) is 0 Å². The van der Waals surface area contributed by atoms with Crippen molar-refractivity contribution in [3.8, 4) is 0 Å². The van der Waals surface area contributed by atoms with Gasteiger partial charge in [0.1, 0.15) is 0 Å². The number of halogens is 1. The molecule has 1 aliphatic carbocycles. The van der Waals surface area contributed by atoms with E-state index in [0.717, 1.165) is 42.5 Å². The van der Waals surface area contributed by atoms with E-state index in [-0.39, 0.29) is 5.91 Å². The van der Waals surface area contributed by atoms with Crippen LogP contribution in [0.4, 0.5) is 0 Å². The summed E-state index contributed by atoms with van der Waals surface area (Å²) >= 11 is 3.40. The van der Waals surface area contributed by atoms with E-state index in [9.17, 15) is 4.79 Å². The molecule has 19 heavy (non-hydrogen) atoms. The zero-order chi connectivity index (χ0) is 13.3. The molecule has 1 saturated heterocycles. The van der Waals surface area contributed by atoms with E-state index in [1.807, 2.05) is 24.3 Å².